The van der Waals surface area contributed by atoms with Crippen LogP contribution in [0.15, 0.2) is 24.4 Å². The van der Waals surface area contributed by atoms with Crippen molar-refractivity contribution in [1.82, 2.24) is 4.57 Å². The molecule has 0 aliphatic carbocycles. The van der Waals surface area contributed by atoms with E-state index in [1.54, 1.807) is 26.0 Å². The summed E-state index contributed by atoms with van der Waals surface area (Å²) in [6.07, 6.45) is 2.43. The van der Waals surface area contributed by atoms with E-state index in [1.165, 1.54) is 0 Å². The van der Waals surface area contributed by atoms with Gasteiger partial charge in [0, 0.05) is 23.1 Å². The summed E-state index contributed by atoms with van der Waals surface area (Å²) in [6, 6.07) is 5.53. The Labute approximate surface area is 118 Å². The maximum Gasteiger partial charge on any atom is 0.309 e. The van der Waals surface area contributed by atoms with Crippen LogP contribution >= 0.6 is 0 Å². The average molecular weight is 275 g/mol. The Morgan fingerprint density at radius 3 is 2.55 bits per heavy atom. The molecule has 4 heteroatoms. The number of hydrogen-bond donors (Lipinski definition) is 2. The molecule has 0 spiro atoms. The van der Waals surface area contributed by atoms with E-state index < -0.39 is 11.4 Å². The number of nitrogens with zero attached hydrogens (tertiary/aromatic N) is 1. The number of aromatic nitrogens is 1. The van der Waals surface area contributed by atoms with Gasteiger partial charge in [0.15, 0.2) is 0 Å². The van der Waals surface area contributed by atoms with Crippen molar-refractivity contribution < 1.29 is 15.0 Å². The zero-order valence-corrected chi connectivity index (χ0v) is 12.3. The van der Waals surface area contributed by atoms with Crippen LogP contribution in [-0.2, 0) is 11.2 Å². The van der Waals surface area contributed by atoms with Crippen LogP contribution in [-0.4, -0.2) is 20.7 Å². The summed E-state index contributed by atoms with van der Waals surface area (Å²) in [7, 11) is 0. The minimum atomic E-state index is -0.832. The number of carboxylic acids is 1. The molecule has 108 valence electrons. The molecule has 1 aromatic carbocycles. The predicted molar refractivity (Wildman–Crippen MR) is 79.1 cm³/mol. The van der Waals surface area contributed by atoms with Gasteiger partial charge in [-0.15, -0.1) is 0 Å². The van der Waals surface area contributed by atoms with Crippen molar-refractivity contribution in [3.05, 3.63) is 30.0 Å². The fourth-order valence-electron chi connectivity index (χ4n) is 2.43. The SMILES string of the molecule is CC(C)n1cc(CC(C)(C)C(=O)O)c2cc(O)ccc21. The van der Waals surface area contributed by atoms with Gasteiger partial charge >= 0.3 is 5.97 Å². The zero-order valence-electron chi connectivity index (χ0n) is 12.3. The first kappa shape index (κ1) is 14.4. The normalized spacial score (nSPS) is 12.2. The van der Waals surface area contributed by atoms with Crippen molar-refractivity contribution >= 4 is 16.9 Å². The first-order chi connectivity index (χ1) is 9.22. The van der Waals surface area contributed by atoms with Crippen LogP contribution in [0.4, 0.5) is 0 Å². The summed E-state index contributed by atoms with van der Waals surface area (Å²) in [4.78, 5) is 11.3. The maximum absolute atomic E-state index is 11.3. The number of aliphatic carboxylic acids is 1. The molecule has 0 fully saturated rings. The third-order valence-electron chi connectivity index (χ3n) is 3.67. The van der Waals surface area contributed by atoms with Gasteiger partial charge in [0.25, 0.3) is 0 Å². The smallest absolute Gasteiger partial charge is 0.309 e. The summed E-state index contributed by atoms with van der Waals surface area (Å²) in [6.45, 7) is 7.60. The van der Waals surface area contributed by atoms with E-state index in [4.69, 9.17) is 0 Å². The van der Waals surface area contributed by atoms with Crippen LogP contribution in [0.25, 0.3) is 10.9 Å². The number of carbonyl (C=O) groups is 1. The molecule has 0 bridgehead atoms. The quantitative estimate of drug-likeness (QED) is 0.896. The summed E-state index contributed by atoms with van der Waals surface area (Å²) in [5, 5.41) is 19.9. The summed E-state index contributed by atoms with van der Waals surface area (Å²) < 4.78 is 2.11. The van der Waals surface area contributed by atoms with Gasteiger partial charge in [-0.05, 0) is 57.9 Å². The molecule has 0 radical (unpaired) electrons. The highest BCUT2D eigenvalue weighted by molar-refractivity contribution is 5.86. The Hall–Kier alpha value is -1.97. The molecule has 2 N–H and O–H groups in total. The molecule has 0 unspecified atom stereocenters. The second kappa shape index (κ2) is 4.85. The number of aromatic hydroxyl groups is 1. The van der Waals surface area contributed by atoms with E-state index in [0.717, 1.165) is 16.5 Å². The molecule has 0 aliphatic rings. The monoisotopic (exact) mass is 275 g/mol. The van der Waals surface area contributed by atoms with Crippen molar-refractivity contribution in [3.8, 4) is 5.75 Å². The molecule has 0 aliphatic heterocycles. The second-order valence-electron chi connectivity index (χ2n) is 6.22. The second-order valence-corrected chi connectivity index (χ2v) is 6.22. The van der Waals surface area contributed by atoms with Crippen LogP contribution < -0.4 is 0 Å². The highest BCUT2D eigenvalue weighted by Gasteiger charge is 2.29. The van der Waals surface area contributed by atoms with Gasteiger partial charge in [-0.1, -0.05) is 0 Å². The lowest BCUT2D eigenvalue weighted by Gasteiger charge is -2.18. The van der Waals surface area contributed by atoms with Crippen molar-refractivity contribution in [2.75, 3.05) is 0 Å². The van der Waals surface area contributed by atoms with Gasteiger partial charge in [-0.2, -0.15) is 0 Å². The third kappa shape index (κ3) is 2.50. The minimum Gasteiger partial charge on any atom is -0.508 e. The number of rotatable bonds is 4. The molecule has 2 aromatic rings. The zero-order chi connectivity index (χ0) is 15.1. The molecule has 0 atom stereocenters. The number of hydrogen-bond acceptors (Lipinski definition) is 2. The largest absolute Gasteiger partial charge is 0.508 e. The lowest BCUT2D eigenvalue weighted by atomic mass is 9.86. The lowest BCUT2D eigenvalue weighted by molar-refractivity contribution is -0.146. The highest BCUT2D eigenvalue weighted by Crippen LogP contribution is 2.32. The Balaban J connectivity index is 2.58. The Kier molecular flexibility index (Phi) is 3.50. The maximum atomic E-state index is 11.3. The van der Waals surface area contributed by atoms with E-state index in [-0.39, 0.29) is 11.8 Å². The van der Waals surface area contributed by atoms with E-state index in [1.807, 2.05) is 12.3 Å². The van der Waals surface area contributed by atoms with Gasteiger partial charge < -0.3 is 14.8 Å². The van der Waals surface area contributed by atoms with Crippen LogP contribution in [0.1, 0.15) is 39.3 Å². The molecular weight excluding hydrogens is 254 g/mol. The topological polar surface area (TPSA) is 62.5 Å². The van der Waals surface area contributed by atoms with Crippen molar-refractivity contribution in [1.29, 1.82) is 0 Å². The van der Waals surface area contributed by atoms with E-state index in [9.17, 15) is 15.0 Å². The number of fused-ring (bicyclic) bond motifs is 1. The molecule has 0 amide bonds. The fourth-order valence-corrected chi connectivity index (χ4v) is 2.43. The Morgan fingerprint density at radius 1 is 1.35 bits per heavy atom. The third-order valence-corrected chi connectivity index (χ3v) is 3.67. The molecule has 1 heterocycles. The van der Waals surface area contributed by atoms with Gasteiger partial charge in [0.1, 0.15) is 5.75 Å². The summed E-state index contributed by atoms with van der Waals surface area (Å²) in [5.41, 5.74) is 1.15. The molecule has 4 nitrogen and oxygen atoms in total. The van der Waals surface area contributed by atoms with Crippen LogP contribution in [0.5, 0.6) is 5.75 Å². The number of carboxylic acid groups (broad SMARTS) is 1. The van der Waals surface area contributed by atoms with E-state index >= 15 is 0 Å². The molecular formula is C16H21NO3. The van der Waals surface area contributed by atoms with Gasteiger partial charge in [-0.3, -0.25) is 4.79 Å². The van der Waals surface area contributed by atoms with Gasteiger partial charge in [0.05, 0.1) is 5.41 Å². The van der Waals surface area contributed by atoms with Crippen LogP contribution in [0.3, 0.4) is 0 Å². The van der Waals surface area contributed by atoms with Crippen LogP contribution in [0, 0.1) is 5.41 Å². The average Bonchev–Trinajstić information content (AvgIpc) is 2.67. The van der Waals surface area contributed by atoms with Crippen molar-refractivity contribution in [3.63, 3.8) is 0 Å². The fraction of sp³-hybridized carbons (Fsp3) is 0.438. The molecule has 2 rings (SSSR count). The molecule has 20 heavy (non-hydrogen) atoms. The standard InChI is InChI=1S/C16H21NO3/c1-10(2)17-9-11(8-16(3,4)15(19)20)13-7-12(18)5-6-14(13)17/h5-7,9-10,18H,8H2,1-4H3,(H,19,20). The van der Waals surface area contributed by atoms with Crippen LogP contribution in [0.2, 0.25) is 0 Å². The molecule has 0 saturated heterocycles. The highest BCUT2D eigenvalue weighted by atomic mass is 16.4. The van der Waals surface area contributed by atoms with E-state index in [0.29, 0.717) is 6.42 Å². The van der Waals surface area contributed by atoms with Gasteiger partial charge in [0.2, 0.25) is 0 Å². The number of benzene rings is 1. The summed E-state index contributed by atoms with van der Waals surface area (Å²) >= 11 is 0. The Bertz CT molecular complexity index is 653. The van der Waals surface area contributed by atoms with Crippen molar-refractivity contribution in [2.45, 2.75) is 40.2 Å². The number of phenols is 1. The molecule has 0 saturated carbocycles. The number of phenolic OH excluding ortho intramolecular Hbond substituents is 1. The van der Waals surface area contributed by atoms with E-state index in [2.05, 4.69) is 18.4 Å². The van der Waals surface area contributed by atoms with Crippen molar-refractivity contribution in [2.24, 2.45) is 5.41 Å². The van der Waals surface area contributed by atoms with Gasteiger partial charge in [-0.25, -0.2) is 0 Å². The summed E-state index contributed by atoms with van der Waals surface area (Å²) in [5.74, 6) is -0.614. The lowest BCUT2D eigenvalue weighted by Crippen LogP contribution is -2.26. The molecule has 1 aromatic heterocycles. The minimum absolute atomic E-state index is 0.202. The first-order valence-corrected chi connectivity index (χ1v) is 6.78. The first-order valence-electron chi connectivity index (χ1n) is 6.78. The Morgan fingerprint density at radius 2 is 2.00 bits per heavy atom. The predicted octanol–water partition coefficient (Wildman–Crippen LogP) is 3.58.